The molecule has 1 aliphatic rings. The lowest BCUT2D eigenvalue weighted by atomic mass is 10.2. The lowest BCUT2D eigenvalue weighted by Crippen LogP contribution is -2.83. The summed E-state index contributed by atoms with van der Waals surface area (Å²) in [6, 6.07) is 6.08. The van der Waals surface area contributed by atoms with Gasteiger partial charge in [0.05, 0.1) is 12.3 Å². The van der Waals surface area contributed by atoms with Gasteiger partial charge in [0.25, 0.3) is 0 Å². The third-order valence-electron chi connectivity index (χ3n) is 2.95. The van der Waals surface area contributed by atoms with Gasteiger partial charge in [-0.3, -0.25) is 0 Å². The fourth-order valence-corrected chi connectivity index (χ4v) is 2.70. The largest absolute Gasteiger partial charge is 0.454 e. The van der Waals surface area contributed by atoms with Crippen LogP contribution in [-0.2, 0) is 13.6 Å². The molecule has 0 aliphatic carbocycles. The van der Waals surface area contributed by atoms with Crippen LogP contribution in [0.2, 0.25) is 0 Å². The van der Waals surface area contributed by atoms with Crippen molar-refractivity contribution in [2.24, 2.45) is 7.05 Å². The van der Waals surface area contributed by atoms with E-state index in [0.29, 0.717) is 6.79 Å². The van der Waals surface area contributed by atoms with E-state index in [9.17, 15) is 0 Å². The Labute approximate surface area is 120 Å². The topological polar surface area (TPSA) is 78.7 Å². The van der Waals surface area contributed by atoms with Crippen molar-refractivity contribution in [3.8, 4) is 11.5 Å². The minimum Gasteiger partial charge on any atom is -0.454 e. The Bertz CT molecular complexity index is 589. The van der Waals surface area contributed by atoms with Gasteiger partial charge < -0.3 is 14.8 Å². The third kappa shape index (κ3) is 3.02. The van der Waals surface area contributed by atoms with E-state index >= 15 is 0 Å². The van der Waals surface area contributed by atoms with Gasteiger partial charge in [0.15, 0.2) is 11.5 Å². The van der Waals surface area contributed by atoms with Crippen molar-refractivity contribution < 1.29 is 14.8 Å². The van der Waals surface area contributed by atoms with Gasteiger partial charge in [-0.2, -0.15) is 0 Å². The first-order valence-corrected chi connectivity index (χ1v) is 7.37. The van der Waals surface area contributed by atoms with E-state index in [1.54, 1.807) is 16.4 Å². The molecule has 2 N–H and O–H groups in total. The molecule has 0 atom stereocenters. The highest BCUT2D eigenvalue weighted by atomic mass is 32.2. The first-order chi connectivity index (χ1) is 9.83. The van der Waals surface area contributed by atoms with Gasteiger partial charge in [0, 0.05) is 12.6 Å². The van der Waals surface area contributed by atoms with Crippen LogP contribution in [0.25, 0.3) is 0 Å². The van der Waals surface area contributed by atoms with Gasteiger partial charge in [-0.25, -0.2) is 4.68 Å². The standard InChI is InChI=1S/C12H15N5O2S/c1-17-12(14-15-16-17)20-5-4-13-7-9-2-3-10-11(6-9)19-8-18-10/h2-3,6,13H,4-5,7-8H2,1H3/p+1. The molecule has 0 saturated carbocycles. The van der Waals surface area contributed by atoms with Crippen LogP contribution >= 0.6 is 11.8 Å². The first kappa shape index (κ1) is 13.2. The molecule has 0 spiro atoms. The molecule has 2 heterocycles. The number of nitrogens with two attached hydrogens (primary N) is 1. The third-order valence-corrected chi connectivity index (χ3v) is 4.00. The zero-order valence-electron chi connectivity index (χ0n) is 11.2. The summed E-state index contributed by atoms with van der Waals surface area (Å²) in [5, 5.41) is 14.4. The Morgan fingerprint density at radius 2 is 2.25 bits per heavy atom. The molecular formula is C12H16N5O2S+. The fraction of sp³-hybridized carbons (Fsp3) is 0.417. The van der Waals surface area contributed by atoms with E-state index in [4.69, 9.17) is 9.47 Å². The van der Waals surface area contributed by atoms with E-state index in [1.165, 1.54) is 5.56 Å². The van der Waals surface area contributed by atoms with Crippen molar-refractivity contribution in [1.82, 2.24) is 20.2 Å². The second-order valence-electron chi connectivity index (χ2n) is 4.40. The van der Waals surface area contributed by atoms with Gasteiger partial charge in [-0.15, -0.1) is 5.10 Å². The Hall–Kier alpha value is -1.80. The molecule has 3 rings (SSSR count). The Balaban J connectivity index is 1.41. The van der Waals surface area contributed by atoms with E-state index in [-0.39, 0.29) is 0 Å². The van der Waals surface area contributed by atoms with Crippen LogP contribution in [0, 0.1) is 0 Å². The number of aryl methyl sites for hydroxylation is 1. The molecule has 1 aromatic carbocycles. The molecule has 106 valence electrons. The molecule has 0 bridgehead atoms. The van der Waals surface area contributed by atoms with Crippen molar-refractivity contribution in [1.29, 1.82) is 0 Å². The number of aromatic nitrogens is 4. The highest BCUT2D eigenvalue weighted by Gasteiger charge is 2.13. The van der Waals surface area contributed by atoms with Crippen LogP contribution in [0.1, 0.15) is 5.56 Å². The summed E-state index contributed by atoms with van der Waals surface area (Å²) in [5.74, 6) is 2.65. The zero-order valence-corrected chi connectivity index (χ0v) is 12.0. The molecule has 2 aromatic rings. The number of rotatable bonds is 6. The molecule has 0 fully saturated rings. The number of fused-ring (bicyclic) bond motifs is 1. The number of hydrogen-bond donors (Lipinski definition) is 1. The molecular weight excluding hydrogens is 278 g/mol. The summed E-state index contributed by atoms with van der Waals surface area (Å²) in [4.78, 5) is 0. The molecule has 20 heavy (non-hydrogen) atoms. The van der Waals surface area contributed by atoms with Crippen LogP contribution < -0.4 is 14.8 Å². The first-order valence-electron chi connectivity index (χ1n) is 6.38. The second-order valence-corrected chi connectivity index (χ2v) is 5.46. The van der Waals surface area contributed by atoms with Crippen LogP contribution in [0.4, 0.5) is 0 Å². The van der Waals surface area contributed by atoms with E-state index in [1.807, 2.05) is 19.2 Å². The highest BCUT2D eigenvalue weighted by molar-refractivity contribution is 7.99. The number of benzene rings is 1. The number of thioether (sulfide) groups is 1. The van der Waals surface area contributed by atoms with Crippen LogP contribution in [0.15, 0.2) is 23.4 Å². The SMILES string of the molecule is Cn1nnnc1SCC[NH2+]Cc1ccc2c(c1)OCO2. The van der Waals surface area contributed by atoms with Gasteiger partial charge >= 0.3 is 0 Å². The monoisotopic (exact) mass is 294 g/mol. The Morgan fingerprint density at radius 1 is 1.35 bits per heavy atom. The van der Waals surface area contributed by atoms with Gasteiger partial charge in [-0.05, 0) is 28.6 Å². The minimum atomic E-state index is 0.324. The maximum absolute atomic E-state index is 5.36. The van der Waals surface area contributed by atoms with Crippen molar-refractivity contribution >= 4 is 11.8 Å². The summed E-state index contributed by atoms with van der Waals surface area (Å²) < 4.78 is 12.3. The molecule has 1 aliphatic heterocycles. The van der Waals surface area contributed by atoms with Crippen molar-refractivity contribution in [2.75, 3.05) is 19.1 Å². The van der Waals surface area contributed by atoms with Gasteiger partial charge in [-0.1, -0.05) is 11.8 Å². The van der Waals surface area contributed by atoms with Crippen molar-refractivity contribution in [3.05, 3.63) is 23.8 Å². The molecule has 7 nitrogen and oxygen atoms in total. The van der Waals surface area contributed by atoms with Gasteiger partial charge in [0.2, 0.25) is 11.9 Å². The lowest BCUT2D eigenvalue weighted by Gasteiger charge is -2.03. The van der Waals surface area contributed by atoms with E-state index in [2.05, 4.69) is 26.9 Å². The number of quaternary nitrogens is 1. The van der Waals surface area contributed by atoms with Crippen molar-refractivity contribution in [3.63, 3.8) is 0 Å². The summed E-state index contributed by atoms with van der Waals surface area (Å²) in [5.41, 5.74) is 1.24. The molecule has 0 amide bonds. The predicted octanol–water partition coefficient (Wildman–Crippen LogP) is -0.205. The molecule has 0 saturated heterocycles. The number of tetrazole rings is 1. The number of nitrogens with zero attached hydrogens (tertiary/aromatic N) is 4. The minimum absolute atomic E-state index is 0.324. The van der Waals surface area contributed by atoms with Gasteiger partial charge in [0.1, 0.15) is 6.54 Å². The number of ether oxygens (including phenoxy) is 2. The fourth-order valence-electron chi connectivity index (χ4n) is 1.91. The molecule has 0 radical (unpaired) electrons. The van der Waals surface area contributed by atoms with E-state index in [0.717, 1.165) is 35.5 Å². The maximum Gasteiger partial charge on any atom is 0.231 e. The van der Waals surface area contributed by atoms with Crippen LogP contribution in [0.5, 0.6) is 11.5 Å². The van der Waals surface area contributed by atoms with Crippen LogP contribution in [-0.4, -0.2) is 39.3 Å². The molecule has 1 aromatic heterocycles. The quantitative estimate of drug-likeness (QED) is 0.587. The Kier molecular flexibility index (Phi) is 4.03. The summed E-state index contributed by atoms with van der Waals surface area (Å²) in [6.07, 6.45) is 0. The molecule has 8 heteroatoms. The average Bonchev–Trinajstić information content (AvgIpc) is 3.07. The maximum atomic E-state index is 5.36. The summed E-state index contributed by atoms with van der Waals surface area (Å²) >= 11 is 1.66. The second kappa shape index (κ2) is 6.10. The average molecular weight is 294 g/mol. The van der Waals surface area contributed by atoms with Crippen LogP contribution in [0.3, 0.4) is 0 Å². The lowest BCUT2D eigenvalue weighted by molar-refractivity contribution is -0.666. The predicted molar refractivity (Wildman–Crippen MR) is 72.6 cm³/mol. The Morgan fingerprint density at radius 3 is 3.10 bits per heavy atom. The summed E-state index contributed by atoms with van der Waals surface area (Å²) in [7, 11) is 1.85. The summed E-state index contributed by atoms with van der Waals surface area (Å²) in [6.45, 7) is 2.26. The number of hydrogen-bond acceptors (Lipinski definition) is 6. The zero-order chi connectivity index (χ0) is 13.8. The van der Waals surface area contributed by atoms with E-state index < -0.39 is 0 Å². The normalized spacial score (nSPS) is 12.8. The molecule has 0 unspecified atom stereocenters. The van der Waals surface area contributed by atoms with Crippen molar-refractivity contribution in [2.45, 2.75) is 11.7 Å². The highest BCUT2D eigenvalue weighted by Crippen LogP contribution is 2.32. The smallest absolute Gasteiger partial charge is 0.231 e.